The molecule has 36 heavy (non-hydrogen) atoms. The summed E-state index contributed by atoms with van der Waals surface area (Å²) < 4.78 is 6.48. The van der Waals surface area contributed by atoms with E-state index in [1.165, 1.54) is 18.4 Å². The van der Waals surface area contributed by atoms with Gasteiger partial charge in [0.05, 0.1) is 35.2 Å². The van der Waals surface area contributed by atoms with Crippen molar-refractivity contribution in [3.63, 3.8) is 0 Å². The summed E-state index contributed by atoms with van der Waals surface area (Å²) in [6.07, 6.45) is 4.25. The van der Waals surface area contributed by atoms with Crippen LogP contribution in [0.15, 0.2) is 69.9 Å². The van der Waals surface area contributed by atoms with Crippen LogP contribution in [-0.2, 0) is 19.1 Å². The standard InChI is InChI=1S/C25H22BrClN4O5/c26-15-5-8-17(9-6-15)29-23(33)18-3-1-2-4-20(18)30-24(34)25(35)31-28-12-14-13-36-21-10-7-16(27)11-19(21)22(14)32/h1-6,8-9,12-13,16,19,21H,7,10-11H2,(H,29,33)(H,30,34)(H,31,35)/b28-12+. The molecule has 11 heteroatoms. The van der Waals surface area contributed by atoms with Crippen LogP contribution in [0.4, 0.5) is 11.4 Å². The molecule has 1 fully saturated rings. The number of hydrogen-bond acceptors (Lipinski definition) is 6. The van der Waals surface area contributed by atoms with Crippen molar-refractivity contribution in [2.24, 2.45) is 11.0 Å². The van der Waals surface area contributed by atoms with E-state index in [9.17, 15) is 19.2 Å². The lowest BCUT2D eigenvalue weighted by atomic mass is 9.80. The van der Waals surface area contributed by atoms with E-state index in [-0.39, 0.29) is 40.0 Å². The number of alkyl halides is 1. The van der Waals surface area contributed by atoms with Crippen molar-refractivity contribution in [3.05, 3.63) is 70.4 Å². The number of carbonyl (C=O) groups is 4. The molecule has 0 radical (unpaired) electrons. The Bertz CT molecular complexity index is 1250. The first kappa shape index (κ1) is 25.6. The van der Waals surface area contributed by atoms with Gasteiger partial charge in [0.25, 0.3) is 5.91 Å². The molecule has 3 N–H and O–H groups in total. The number of carbonyl (C=O) groups excluding carboxylic acids is 4. The number of Topliss-reactive ketones (excluding diaryl/α,β-unsaturated/α-hetero) is 1. The van der Waals surface area contributed by atoms with E-state index in [2.05, 4.69) is 37.1 Å². The Morgan fingerprint density at radius 3 is 2.56 bits per heavy atom. The van der Waals surface area contributed by atoms with Crippen LogP contribution in [0.1, 0.15) is 29.6 Å². The van der Waals surface area contributed by atoms with Gasteiger partial charge in [-0.3, -0.25) is 19.2 Å². The lowest BCUT2D eigenvalue weighted by molar-refractivity contribution is -0.136. The van der Waals surface area contributed by atoms with Crippen LogP contribution in [0.5, 0.6) is 0 Å². The second-order valence-electron chi connectivity index (χ2n) is 8.29. The van der Waals surface area contributed by atoms with E-state index in [0.717, 1.165) is 17.1 Å². The Labute approximate surface area is 220 Å². The summed E-state index contributed by atoms with van der Waals surface area (Å²) in [6.45, 7) is 0. The SMILES string of the molecule is O=C(N/N=C/C1=COC2CCC(Cl)CC2C1=O)C(=O)Nc1ccccc1C(=O)Nc1ccc(Br)cc1. The number of fused-ring (bicyclic) bond motifs is 1. The van der Waals surface area contributed by atoms with Crippen molar-refractivity contribution in [1.29, 1.82) is 0 Å². The summed E-state index contributed by atoms with van der Waals surface area (Å²) in [5.41, 5.74) is 3.14. The maximum atomic E-state index is 12.7. The van der Waals surface area contributed by atoms with Gasteiger partial charge in [-0.25, -0.2) is 5.43 Å². The molecule has 0 aromatic heterocycles. The summed E-state index contributed by atoms with van der Waals surface area (Å²) in [6, 6.07) is 13.3. The van der Waals surface area contributed by atoms with Gasteiger partial charge in [0.2, 0.25) is 0 Å². The fraction of sp³-hybridized carbons (Fsp3) is 0.240. The highest BCUT2D eigenvalue weighted by atomic mass is 79.9. The average molecular weight is 574 g/mol. The van der Waals surface area contributed by atoms with Crippen LogP contribution >= 0.6 is 27.5 Å². The van der Waals surface area contributed by atoms with Gasteiger partial charge in [0.15, 0.2) is 5.78 Å². The summed E-state index contributed by atoms with van der Waals surface area (Å²) in [5.74, 6) is -3.09. The number of anilines is 2. The van der Waals surface area contributed by atoms with E-state index in [1.54, 1.807) is 36.4 Å². The Morgan fingerprint density at radius 1 is 1.03 bits per heavy atom. The predicted molar refractivity (Wildman–Crippen MR) is 139 cm³/mol. The molecule has 2 aromatic carbocycles. The average Bonchev–Trinajstić information content (AvgIpc) is 2.87. The van der Waals surface area contributed by atoms with Gasteiger partial charge in [0, 0.05) is 15.5 Å². The lowest BCUT2D eigenvalue weighted by Crippen LogP contribution is -2.40. The Morgan fingerprint density at radius 2 is 1.78 bits per heavy atom. The van der Waals surface area contributed by atoms with Gasteiger partial charge >= 0.3 is 11.8 Å². The molecule has 1 aliphatic heterocycles. The number of amides is 3. The number of para-hydroxylation sites is 1. The number of nitrogens with zero attached hydrogens (tertiary/aromatic N) is 1. The predicted octanol–water partition coefficient (Wildman–Crippen LogP) is 4.00. The molecule has 0 spiro atoms. The number of ether oxygens (including phenoxy) is 1. The third-order valence-electron chi connectivity index (χ3n) is 5.81. The molecule has 3 atom stereocenters. The highest BCUT2D eigenvalue weighted by molar-refractivity contribution is 9.10. The van der Waals surface area contributed by atoms with Crippen molar-refractivity contribution >= 4 is 68.6 Å². The number of nitrogens with one attached hydrogen (secondary N) is 3. The molecule has 186 valence electrons. The first-order chi connectivity index (χ1) is 17.3. The van der Waals surface area contributed by atoms with E-state index in [4.69, 9.17) is 16.3 Å². The second kappa shape index (κ2) is 11.5. The molecular formula is C25H22BrClN4O5. The zero-order chi connectivity index (χ0) is 25.7. The maximum absolute atomic E-state index is 12.7. The highest BCUT2D eigenvalue weighted by Crippen LogP contribution is 2.34. The van der Waals surface area contributed by atoms with Gasteiger partial charge in [-0.1, -0.05) is 28.1 Å². The highest BCUT2D eigenvalue weighted by Gasteiger charge is 2.39. The summed E-state index contributed by atoms with van der Waals surface area (Å²) in [4.78, 5) is 50.0. The quantitative estimate of drug-likeness (QED) is 0.216. The fourth-order valence-corrected chi connectivity index (χ4v) is 4.55. The summed E-state index contributed by atoms with van der Waals surface area (Å²) >= 11 is 9.51. The monoisotopic (exact) mass is 572 g/mol. The number of benzene rings is 2. The molecule has 3 amide bonds. The molecule has 0 bridgehead atoms. The minimum atomic E-state index is -1.07. The molecular weight excluding hydrogens is 552 g/mol. The van der Waals surface area contributed by atoms with E-state index in [1.807, 2.05) is 0 Å². The molecule has 2 aliphatic rings. The smallest absolute Gasteiger partial charge is 0.329 e. The van der Waals surface area contributed by atoms with Crippen LogP contribution in [0.2, 0.25) is 0 Å². The zero-order valence-corrected chi connectivity index (χ0v) is 21.2. The van der Waals surface area contributed by atoms with E-state index >= 15 is 0 Å². The largest absolute Gasteiger partial charge is 0.496 e. The number of hydrazone groups is 1. The Balaban J connectivity index is 1.35. The number of ketones is 1. The first-order valence-electron chi connectivity index (χ1n) is 11.2. The summed E-state index contributed by atoms with van der Waals surface area (Å²) in [5, 5.41) is 8.77. The Kier molecular flexibility index (Phi) is 8.17. The molecule has 1 heterocycles. The fourth-order valence-electron chi connectivity index (χ4n) is 3.97. The van der Waals surface area contributed by atoms with Crippen molar-refractivity contribution in [3.8, 4) is 0 Å². The van der Waals surface area contributed by atoms with Gasteiger partial charge in [-0.15, -0.1) is 11.6 Å². The van der Waals surface area contributed by atoms with Crippen molar-refractivity contribution < 1.29 is 23.9 Å². The van der Waals surface area contributed by atoms with E-state index in [0.29, 0.717) is 18.5 Å². The molecule has 1 aliphatic carbocycles. The Hall–Kier alpha value is -3.50. The molecule has 2 aromatic rings. The van der Waals surface area contributed by atoms with Crippen molar-refractivity contribution in [2.45, 2.75) is 30.7 Å². The third kappa shape index (κ3) is 6.19. The topological polar surface area (TPSA) is 126 Å². The molecule has 9 nitrogen and oxygen atoms in total. The van der Waals surface area contributed by atoms with Crippen LogP contribution in [0, 0.1) is 5.92 Å². The van der Waals surface area contributed by atoms with Crippen LogP contribution in [0.3, 0.4) is 0 Å². The zero-order valence-electron chi connectivity index (χ0n) is 18.9. The molecule has 3 unspecified atom stereocenters. The summed E-state index contributed by atoms with van der Waals surface area (Å²) in [7, 11) is 0. The second-order valence-corrected chi connectivity index (χ2v) is 9.82. The van der Waals surface area contributed by atoms with E-state index < -0.39 is 17.7 Å². The van der Waals surface area contributed by atoms with Gasteiger partial charge in [0.1, 0.15) is 6.10 Å². The van der Waals surface area contributed by atoms with Crippen molar-refractivity contribution in [1.82, 2.24) is 5.43 Å². The first-order valence-corrected chi connectivity index (χ1v) is 12.4. The van der Waals surface area contributed by atoms with Gasteiger partial charge in [-0.05, 0) is 55.7 Å². The van der Waals surface area contributed by atoms with Crippen LogP contribution in [0.25, 0.3) is 0 Å². The minimum absolute atomic E-state index is 0.0849. The van der Waals surface area contributed by atoms with Gasteiger partial charge in [-0.2, -0.15) is 5.10 Å². The number of rotatable bonds is 5. The van der Waals surface area contributed by atoms with Crippen LogP contribution in [-0.4, -0.2) is 41.2 Å². The maximum Gasteiger partial charge on any atom is 0.329 e. The third-order valence-corrected chi connectivity index (χ3v) is 6.74. The molecule has 1 saturated carbocycles. The molecule has 0 saturated heterocycles. The lowest BCUT2D eigenvalue weighted by Gasteiger charge is -2.35. The number of allylic oxidation sites excluding steroid dienone is 1. The minimum Gasteiger partial charge on any atom is -0.496 e. The number of hydrogen-bond donors (Lipinski definition) is 3. The van der Waals surface area contributed by atoms with Crippen LogP contribution < -0.4 is 16.1 Å². The normalized spacial score (nSPS) is 21.1. The van der Waals surface area contributed by atoms with Gasteiger partial charge < -0.3 is 15.4 Å². The number of halogens is 2. The van der Waals surface area contributed by atoms with Crippen molar-refractivity contribution in [2.75, 3.05) is 10.6 Å². The molecule has 4 rings (SSSR count).